The number of thiophene rings is 1. The Balaban J connectivity index is 2.41. The lowest BCUT2D eigenvalue weighted by Gasteiger charge is -2.12. The fourth-order valence-electron chi connectivity index (χ4n) is 1.12. The number of nitrogens with two attached hydrogens (primary N) is 1. The number of primary amides is 1. The van der Waals surface area contributed by atoms with Gasteiger partial charge in [-0.2, -0.15) is 0 Å². The van der Waals surface area contributed by atoms with Gasteiger partial charge in [0.1, 0.15) is 6.04 Å². The summed E-state index contributed by atoms with van der Waals surface area (Å²) in [5.41, 5.74) is 4.90. The first-order chi connectivity index (χ1) is 8.49. The molecule has 0 aliphatic heterocycles. The van der Waals surface area contributed by atoms with Gasteiger partial charge in [0.15, 0.2) is 0 Å². The van der Waals surface area contributed by atoms with Gasteiger partial charge >= 0.3 is 5.97 Å². The van der Waals surface area contributed by atoms with Crippen molar-refractivity contribution in [3.63, 3.8) is 0 Å². The first kappa shape index (κ1) is 14.5. The molecule has 0 aliphatic rings. The average molecular weight is 288 g/mol. The highest BCUT2D eigenvalue weighted by Gasteiger charge is 2.21. The average Bonchev–Trinajstić information content (AvgIpc) is 2.77. The minimum atomic E-state index is -1.27. The highest BCUT2D eigenvalue weighted by Crippen LogP contribution is 2.22. The standard InChI is InChI=1S/C10H12N2O4S2/c11-7(13)4-6(10(15)16)12-8(14)5-18-9-2-1-3-17-9/h1-3,6H,4-5H2,(H2,11,13)(H,12,14)(H,15,16)/t6-/m0/s1. The molecular formula is C10H12N2O4S2. The molecule has 0 fully saturated rings. The normalized spacial score (nSPS) is 11.8. The van der Waals surface area contributed by atoms with E-state index >= 15 is 0 Å². The summed E-state index contributed by atoms with van der Waals surface area (Å²) in [6.45, 7) is 0. The SMILES string of the molecule is NC(=O)C[C@H](NC(=O)CSc1cccs1)C(=O)O. The zero-order valence-corrected chi connectivity index (χ0v) is 10.9. The molecule has 6 nitrogen and oxygen atoms in total. The van der Waals surface area contributed by atoms with Crippen molar-refractivity contribution < 1.29 is 19.5 Å². The number of carboxylic acids is 1. The number of hydrogen-bond acceptors (Lipinski definition) is 5. The number of amides is 2. The molecule has 0 spiro atoms. The molecule has 1 aromatic rings. The van der Waals surface area contributed by atoms with Gasteiger partial charge in [-0.3, -0.25) is 9.59 Å². The molecule has 4 N–H and O–H groups in total. The van der Waals surface area contributed by atoms with E-state index < -0.39 is 30.2 Å². The summed E-state index contributed by atoms with van der Waals surface area (Å²) in [4.78, 5) is 32.9. The van der Waals surface area contributed by atoms with E-state index in [0.29, 0.717) is 0 Å². The van der Waals surface area contributed by atoms with E-state index in [1.165, 1.54) is 23.1 Å². The van der Waals surface area contributed by atoms with Crippen molar-refractivity contribution in [2.24, 2.45) is 5.73 Å². The Kier molecular flexibility index (Phi) is 5.66. The molecular weight excluding hydrogens is 276 g/mol. The minimum absolute atomic E-state index is 0.100. The lowest BCUT2D eigenvalue weighted by molar-refractivity contribution is -0.143. The van der Waals surface area contributed by atoms with Crippen LogP contribution in [-0.4, -0.2) is 34.7 Å². The third-order valence-electron chi connectivity index (χ3n) is 1.88. The Hall–Kier alpha value is -1.54. The van der Waals surface area contributed by atoms with Gasteiger partial charge in [-0.05, 0) is 11.4 Å². The molecule has 1 atom stereocenters. The number of aliphatic carboxylic acids is 1. The summed E-state index contributed by atoms with van der Waals surface area (Å²) < 4.78 is 0.965. The maximum absolute atomic E-state index is 11.5. The third kappa shape index (κ3) is 5.19. The van der Waals surface area contributed by atoms with Crippen LogP contribution in [0.2, 0.25) is 0 Å². The van der Waals surface area contributed by atoms with E-state index in [9.17, 15) is 14.4 Å². The van der Waals surface area contributed by atoms with E-state index in [0.717, 1.165) is 4.21 Å². The molecule has 8 heteroatoms. The molecule has 2 amide bonds. The molecule has 0 unspecified atom stereocenters. The molecule has 0 saturated carbocycles. The quantitative estimate of drug-likeness (QED) is 0.624. The summed E-state index contributed by atoms with van der Waals surface area (Å²) in [6.07, 6.45) is -0.412. The smallest absolute Gasteiger partial charge is 0.326 e. The Bertz CT molecular complexity index is 433. The zero-order chi connectivity index (χ0) is 13.5. The molecule has 0 bridgehead atoms. The molecule has 1 heterocycles. The van der Waals surface area contributed by atoms with Crippen molar-refractivity contribution in [3.05, 3.63) is 17.5 Å². The van der Waals surface area contributed by atoms with Crippen molar-refractivity contribution in [1.29, 1.82) is 0 Å². The topological polar surface area (TPSA) is 109 Å². The first-order valence-electron chi connectivity index (χ1n) is 4.96. The van der Waals surface area contributed by atoms with Gasteiger partial charge in [-0.15, -0.1) is 23.1 Å². The largest absolute Gasteiger partial charge is 0.480 e. The molecule has 98 valence electrons. The van der Waals surface area contributed by atoms with Gasteiger partial charge in [0.25, 0.3) is 0 Å². The van der Waals surface area contributed by atoms with E-state index in [1.807, 2.05) is 17.5 Å². The van der Waals surface area contributed by atoms with Crippen molar-refractivity contribution in [1.82, 2.24) is 5.32 Å². The van der Waals surface area contributed by atoms with E-state index in [4.69, 9.17) is 10.8 Å². The predicted octanol–water partition coefficient (Wildman–Crippen LogP) is 0.285. The second-order valence-corrected chi connectivity index (χ2v) is 5.57. The van der Waals surface area contributed by atoms with Crippen molar-refractivity contribution in [3.8, 4) is 0 Å². The Morgan fingerprint density at radius 2 is 2.22 bits per heavy atom. The first-order valence-corrected chi connectivity index (χ1v) is 6.82. The maximum Gasteiger partial charge on any atom is 0.326 e. The summed E-state index contributed by atoms with van der Waals surface area (Å²) in [5, 5.41) is 12.9. The van der Waals surface area contributed by atoms with E-state index in [2.05, 4.69) is 5.32 Å². The van der Waals surface area contributed by atoms with Crippen LogP contribution in [0.25, 0.3) is 0 Å². The van der Waals surface area contributed by atoms with Gasteiger partial charge in [-0.1, -0.05) is 6.07 Å². The number of nitrogens with one attached hydrogen (secondary N) is 1. The van der Waals surface area contributed by atoms with Crippen LogP contribution in [-0.2, 0) is 14.4 Å². The summed E-state index contributed by atoms with van der Waals surface area (Å²) >= 11 is 2.80. The number of rotatable bonds is 7. The highest BCUT2D eigenvalue weighted by atomic mass is 32.2. The summed E-state index contributed by atoms with van der Waals surface area (Å²) in [7, 11) is 0. The molecule has 0 aromatic carbocycles. The van der Waals surface area contributed by atoms with Crippen molar-refractivity contribution in [2.45, 2.75) is 16.7 Å². The Morgan fingerprint density at radius 1 is 1.50 bits per heavy atom. The second kappa shape index (κ2) is 7.02. The van der Waals surface area contributed by atoms with Gasteiger partial charge in [0.05, 0.1) is 16.4 Å². The van der Waals surface area contributed by atoms with Crippen molar-refractivity contribution >= 4 is 40.9 Å². The van der Waals surface area contributed by atoms with Crippen LogP contribution < -0.4 is 11.1 Å². The monoisotopic (exact) mass is 288 g/mol. The predicted molar refractivity (Wildman–Crippen MR) is 68.4 cm³/mol. The number of hydrogen-bond donors (Lipinski definition) is 3. The van der Waals surface area contributed by atoms with Crippen LogP contribution in [0.15, 0.2) is 21.7 Å². The Morgan fingerprint density at radius 3 is 2.72 bits per heavy atom. The maximum atomic E-state index is 11.5. The molecule has 18 heavy (non-hydrogen) atoms. The Labute approximate surface area is 112 Å². The summed E-state index contributed by atoms with van der Waals surface area (Å²) in [6, 6.07) is 2.46. The number of thioether (sulfide) groups is 1. The van der Waals surface area contributed by atoms with Crippen LogP contribution in [0, 0.1) is 0 Å². The highest BCUT2D eigenvalue weighted by molar-refractivity contribution is 8.01. The van der Waals surface area contributed by atoms with Crippen molar-refractivity contribution in [2.75, 3.05) is 5.75 Å². The lowest BCUT2D eigenvalue weighted by Crippen LogP contribution is -2.44. The molecule has 1 rings (SSSR count). The van der Waals surface area contributed by atoms with Crippen LogP contribution >= 0.6 is 23.1 Å². The summed E-state index contributed by atoms with van der Waals surface area (Å²) in [5.74, 6) is -2.39. The van der Waals surface area contributed by atoms with Crippen LogP contribution in [0.4, 0.5) is 0 Å². The second-order valence-electron chi connectivity index (χ2n) is 3.35. The minimum Gasteiger partial charge on any atom is -0.480 e. The van der Waals surface area contributed by atoms with Crippen LogP contribution in [0.5, 0.6) is 0 Å². The number of carboxylic acid groups (broad SMARTS) is 1. The number of carbonyl (C=O) groups excluding carboxylic acids is 2. The fraction of sp³-hybridized carbons (Fsp3) is 0.300. The van der Waals surface area contributed by atoms with Gasteiger partial charge in [0, 0.05) is 0 Å². The van der Waals surface area contributed by atoms with Crippen LogP contribution in [0.1, 0.15) is 6.42 Å². The van der Waals surface area contributed by atoms with E-state index in [-0.39, 0.29) is 5.75 Å². The lowest BCUT2D eigenvalue weighted by atomic mass is 10.2. The van der Waals surface area contributed by atoms with Crippen LogP contribution in [0.3, 0.4) is 0 Å². The molecule has 0 aliphatic carbocycles. The van der Waals surface area contributed by atoms with E-state index in [1.54, 1.807) is 0 Å². The molecule has 0 radical (unpaired) electrons. The fourth-order valence-corrected chi connectivity index (χ4v) is 2.72. The van der Waals surface area contributed by atoms with Gasteiger partial charge < -0.3 is 16.2 Å². The molecule has 1 aromatic heterocycles. The zero-order valence-electron chi connectivity index (χ0n) is 9.29. The third-order valence-corrected chi connectivity index (χ3v) is 4.01. The molecule has 0 saturated heterocycles. The van der Waals surface area contributed by atoms with Gasteiger partial charge in [-0.25, -0.2) is 4.79 Å². The number of carbonyl (C=O) groups is 3. The van der Waals surface area contributed by atoms with Gasteiger partial charge in [0.2, 0.25) is 11.8 Å².